The van der Waals surface area contributed by atoms with Gasteiger partial charge in [-0.15, -0.1) is 0 Å². The molecule has 0 aromatic carbocycles. The second-order valence-electron chi connectivity index (χ2n) is 4.35. The number of rotatable bonds is 8. The first-order chi connectivity index (χ1) is 9.33. The second kappa shape index (κ2) is 14.3. The van der Waals surface area contributed by atoms with Crippen molar-refractivity contribution < 1.29 is 28.5 Å². The molecule has 6 nitrogen and oxygen atoms in total. The maximum absolute atomic E-state index is 10.3. The van der Waals surface area contributed by atoms with Gasteiger partial charge in [-0.2, -0.15) is 0 Å². The van der Waals surface area contributed by atoms with E-state index in [-0.39, 0.29) is 24.1 Å². The van der Waals surface area contributed by atoms with Gasteiger partial charge in [0.1, 0.15) is 0 Å². The summed E-state index contributed by atoms with van der Waals surface area (Å²) in [6.07, 6.45) is 1.85. The second-order valence-corrected chi connectivity index (χ2v) is 4.35. The van der Waals surface area contributed by atoms with E-state index in [1.54, 1.807) is 14.2 Å². The highest BCUT2D eigenvalue weighted by Gasteiger charge is 2.00. The topological polar surface area (TPSA) is 71.1 Å². The van der Waals surface area contributed by atoms with Gasteiger partial charge < -0.3 is 18.9 Å². The Kier molecular flexibility index (Phi) is 15.1. The molecule has 0 aromatic rings. The zero-order valence-electron chi connectivity index (χ0n) is 13.4. The van der Waals surface area contributed by atoms with Gasteiger partial charge in [0.15, 0.2) is 0 Å². The summed E-state index contributed by atoms with van der Waals surface area (Å²) in [5.74, 6) is -0.466. The van der Waals surface area contributed by atoms with E-state index < -0.39 is 0 Å². The molecule has 0 rings (SSSR count). The molecule has 0 spiro atoms. The number of carbonyl (C=O) groups excluding carboxylic acids is 2. The predicted molar refractivity (Wildman–Crippen MR) is 75.4 cm³/mol. The molecule has 2 unspecified atom stereocenters. The minimum absolute atomic E-state index is 0.166. The lowest BCUT2D eigenvalue weighted by Gasteiger charge is -2.07. The number of hydrogen-bond acceptors (Lipinski definition) is 6. The van der Waals surface area contributed by atoms with E-state index in [1.807, 2.05) is 13.8 Å². The van der Waals surface area contributed by atoms with Crippen molar-refractivity contribution in [2.45, 2.75) is 52.7 Å². The van der Waals surface area contributed by atoms with Crippen LogP contribution in [0.25, 0.3) is 0 Å². The van der Waals surface area contributed by atoms with Crippen LogP contribution in [0.15, 0.2) is 0 Å². The first-order valence-corrected chi connectivity index (χ1v) is 6.65. The summed E-state index contributed by atoms with van der Waals surface area (Å²) < 4.78 is 19.3. The lowest BCUT2D eigenvalue weighted by atomic mass is 10.3. The van der Waals surface area contributed by atoms with Crippen LogP contribution in [0, 0.1) is 0 Å². The Labute approximate surface area is 121 Å². The highest BCUT2D eigenvalue weighted by molar-refractivity contribution is 5.66. The van der Waals surface area contributed by atoms with E-state index in [0.717, 1.165) is 12.8 Å². The van der Waals surface area contributed by atoms with Crippen molar-refractivity contribution in [2.75, 3.05) is 27.4 Å². The largest absolute Gasteiger partial charge is 0.466 e. The number of esters is 2. The average molecular weight is 292 g/mol. The van der Waals surface area contributed by atoms with Gasteiger partial charge in [0.05, 0.1) is 25.4 Å². The van der Waals surface area contributed by atoms with Gasteiger partial charge in [-0.3, -0.25) is 9.59 Å². The molecule has 0 aliphatic carbocycles. The van der Waals surface area contributed by atoms with Crippen LogP contribution in [0.3, 0.4) is 0 Å². The Morgan fingerprint density at radius 2 is 1.10 bits per heavy atom. The molecule has 0 bridgehead atoms. The highest BCUT2D eigenvalue weighted by Crippen LogP contribution is 1.95. The molecule has 20 heavy (non-hydrogen) atoms. The molecule has 0 amide bonds. The van der Waals surface area contributed by atoms with E-state index in [9.17, 15) is 9.59 Å². The van der Waals surface area contributed by atoms with E-state index in [4.69, 9.17) is 18.9 Å². The quantitative estimate of drug-likeness (QED) is 0.637. The van der Waals surface area contributed by atoms with Gasteiger partial charge in [-0.1, -0.05) is 0 Å². The standard InChI is InChI=1S/2C7H14O3/c2*1-6(9-3)4-5-10-7(2)8/h2*6H,4-5H2,1-3H3. The molecule has 0 aliphatic rings. The maximum Gasteiger partial charge on any atom is 0.302 e. The summed E-state index contributed by atoms with van der Waals surface area (Å²) in [6.45, 7) is 7.57. The number of ether oxygens (including phenoxy) is 4. The van der Waals surface area contributed by atoms with Crippen molar-refractivity contribution in [2.24, 2.45) is 0 Å². The summed E-state index contributed by atoms with van der Waals surface area (Å²) in [7, 11) is 3.27. The van der Waals surface area contributed by atoms with Crippen molar-refractivity contribution in [1.82, 2.24) is 0 Å². The molecule has 0 radical (unpaired) electrons. The molecule has 2 atom stereocenters. The molecule has 0 saturated heterocycles. The van der Waals surface area contributed by atoms with E-state index in [2.05, 4.69) is 0 Å². The molecule has 120 valence electrons. The third-order valence-corrected chi connectivity index (χ3v) is 2.46. The highest BCUT2D eigenvalue weighted by atomic mass is 16.5. The van der Waals surface area contributed by atoms with Gasteiger partial charge in [-0.25, -0.2) is 0 Å². The lowest BCUT2D eigenvalue weighted by Crippen LogP contribution is -2.10. The van der Waals surface area contributed by atoms with E-state index in [0.29, 0.717) is 13.2 Å². The van der Waals surface area contributed by atoms with Crippen molar-refractivity contribution in [3.8, 4) is 0 Å². The van der Waals surface area contributed by atoms with Crippen LogP contribution >= 0.6 is 0 Å². The SMILES string of the molecule is COC(C)CCOC(C)=O.COC(C)CCOC(C)=O. The number of methoxy groups -OCH3 is 2. The fourth-order valence-corrected chi connectivity index (χ4v) is 0.973. The van der Waals surface area contributed by atoms with Crippen molar-refractivity contribution >= 4 is 11.9 Å². The Morgan fingerprint density at radius 1 is 0.800 bits per heavy atom. The molecular weight excluding hydrogens is 264 g/mol. The summed E-state index contributed by atoms with van der Waals surface area (Å²) >= 11 is 0. The predicted octanol–water partition coefficient (Wildman–Crippen LogP) is 1.95. The summed E-state index contributed by atoms with van der Waals surface area (Å²) in [6, 6.07) is 0. The lowest BCUT2D eigenvalue weighted by molar-refractivity contribution is -0.142. The van der Waals surface area contributed by atoms with Crippen LogP contribution in [0.1, 0.15) is 40.5 Å². The Hall–Kier alpha value is -1.14. The molecule has 0 heterocycles. The zero-order chi connectivity index (χ0) is 16.0. The van der Waals surface area contributed by atoms with Gasteiger partial charge in [-0.05, 0) is 13.8 Å². The first-order valence-electron chi connectivity index (χ1n) is 6.65. The third kappa shape index (κ3) is 19.2. The van der Waals surface area contributed by atoms with Gasteiger partial charge in [0, 0.05) is 40.9 Å². The molecule has 0 aromatic heterocycles. The smallest absolute Gasteiger partial charge is 0.302 e. The fourth-order valence-electron chi connectivity index (χ4n) is 0.973. The fraction of sp³-hybridized carbons (Fsp3) is 0.857. The normalized spacial score (nSPS) is 12.7. The van der Waals surface area contributed by atoms with Crippen LogP contribution in [0.2, 0.25) is 0 Å². The maximum atomic E-state index is 10.3. The third-order valence-electron chi connectivity index (χ3n) is 2.46. The van der Waals surface area contributed by atoms with Crippen LogP contribution in [-0.2, 0) is 28.5 Å². The minimum Gasteiger partial charge on any atom is -0.466 e. The van der Waals surface area contributed by atoms with Crippen LogP contribution in [0.4, 0.5) is 0 Å². The molecular formula is C14H28O6. The summed E-state index contributed by atoms with van der Waals surface area (Å²) in [5, 5.41) is 0. The molecule has 0 fully saturated rings. The Bertz CT molecular complexity index is 228. The molecule has 0 N–H and O–H groups in total. The van der Waals surface area contributed by atoms with Crippen LogP contribution in [-0.4, -0.2) is 51.6 Å². The van der Waals surface area contributed by atoms with Gasteiger partial charge in [0.2, 0.25) is 0 Å². The molecule has 0 saturated carbocycles. The average Bonchev–Trinajstić information content (AvgIpc) is 2.38. The Morgan fingerprint density at radius 3 is 1.30 bits per heavy atom. The Balaban J connectivity index is 0. The van der Waals surface area contributed by atoms with Crippen molar-refractivity contribution in [3.05, 3.63) is 0 Å². The monoisotopic (exact) mass is 292 g/mol. The first kappa shape index (κ1) is 21.2. The van der Waals surface area contributed by atoms with Gasteiger partial charge >= 0.3 is 11.9 Å². The number of carbonyl (C=O) groups is 2. The van der Waals surface area contributed by atoms with E-state index in [1.165, 1.54) is 13.8 Å². The molecule has 6 heteroatoms. The van der Waals surface area contributed by atoms with Crippen LogP contribution < -0.4 is 0 Å². The zero-order valence-corrected chi connectivity index (χ0v) is 13.4. The van der Waals surface area contributed by atoms with Crippen molar-refractivity contribution in [1.29, 1.82) is 0 Å². The van der Waals surface area contributed by atoms with E-state index >= 15 is 0 Å². The molecule has 0 aliphatic heterocycles. The van der Waals surface area contributed by atoms with Crippen molar-refractivity contribution in [3.63, 3.8) is 0 Å². The minimum atomic E-state index is -0.233. The summed E-state index contributed by atoms with van der Waals surface area (Å²) in [4.78, 5) is 20.5. The number of hydrogen-bond donors (Lipinski definition) is 0. The van der Waals surface area contributed by atoms with Gasteiger partial charge in [0.25, 0.3) is 0 Å². The summed E-state index contributed by atoms with van der Waals surface area (Å²) in [5.41, 5.74) is 0. The van der Waals surface area contributed by atoms with Crippen LogP contribution in [0.5, 0.6) is 0 Å².